The van der Waals surface area contributed by atoms with E-state index < -0.39 is 11.0 Å². The molecule has 2 rings (SSSR count). The molecule has 0 aromatic heterocycles. The van der Waals surface area contributed by atoms with Crippen LogP contribution >= 0.6 is 11.6 Å². The Morgan fingerprint density at radius 1 is 1.22 bits per heavy atom. The minimum absolute atomic E-state index is 0.114. The highest BCUT2D eigenvalue weighted by Crippen LogP contribution is 2.30. The van der Waals surface area contributed by atoms with E-state index >= 15 is 0 Å². The number of non-ortho nitro benzene ring substituents is 1. The van der Waals surface area contributed by atoms with Gasteiger partial charge in [-0.3, -0.25) is 14.9 Å². The monoisotopic (exact) mass is 521 g/mol. The summed E-state index contributed by atoms with van der Waals surface area (Å²) in [4.78, 5) is 24.3. The fourth-order valence-corrected chi connectivity index (χ4v) is 3.43. The lowest BCUT2D eigenvalue weighted by atomic mass is 10.2. The lowest BCUT2D eigenvalue weighted by molar-refractivity contribution is -0.384. The summed E-state index contributed by atoms with van der Waals surface area (Å²) in [5.41, 5.74) is 1.75. The van der Waals surface area contributed by atoms with Crippen molar-refractivity contribution in [1.29, 1.82) is 0 Å². The molecule has 12 heteroatoms. The van der Waals surface area contributed by atoms with Gasteiger partial charge in [-0.15, -0.1) is 5.11 Å². The molecule has 0 fully saturated rings. The van der Waals surface area contributed by atoms with Crippen LogP contribution in [-0.2, 0) is 9.53 Å². The molecule has 3 N–H and O–H groups in total. The maximum atomic E-state index is 11.9. The van der Waals surface area contributed by atoms with Crippen LogP contribution in [0.4, 0.5) is 22.7 Å². The summed E-state index contributed by atoms with van der Waals surface area (Å²) in [5.74, 6) is -0.283. The molecule has 1 unspecified atom stereocenters. The van der Waals surface area contributed by atoms with Crippen LogP contribution in [0.2, 0.25) is 5.02 Å². The number of aliphatic hydroxyl groups excluding tert-OH is 2. The van der Waals surface area contributed by atoms with Crippen LogP contribution in [0.1, 0.15) is 26.2 Å². The number of nitro groups is 1. The smallest absolute Gasteiger partial charge is 0.307 e. The number of nitrogens with one attached hydrogen (secondary N) is 1. The van der Waals surface area contributed by atoms with Crippen molar-refractivity contribution in [1.82, 2.24) is 5.32 Å². The van der Waals surface area contributed by atoms with Crippen molar-refractivity contribution in [3.8, 4) is 0 Å². The number of nitro benzene ring substituents is 1. The zero-order chi connectivity index (χ0) is 26.3. The van der Waals surface area contributed by atoms with E-state index in [1.165, 1.54) is 18.2 Å². The average molecular weight is 522 g/mol. The normalized spacial score (nSPS) is 12.0. The first-order valence-electron chi connectivity index (χ1n) is 11.7. The number of nitrogens with zero attached hydrogens (tertiary/aromatic N) is 4. The standard InChI is InChI=1S/C24H32ClN5O6/c1-2-29(14-15-36-24(33)11-13-26-12-3-4-21(32)17-31)19-7-5-18(6-8-19)27-28-23-10-9-20(30(34)35)16-22(23)25/h5-10,16,21,26,31-32H,2-4,11-15,17H2,1H3. The molecule has 0 aliphatic carbocycles. The number of benzene rings is 2. The molecule has 0 radical (unpaired) electrons. The summed E-state index contributed by atoms with van der Waals surface area (Å²) in [6.07, 6.45) is 0.791. The van der Waals surface area contributed by atoms with Gasteiger partial charge in [-0.25, -0.2) is 0 Å². The molecule has 2 aromatic carbocycles. The van der Waals surface area contributed by atoms with E-state index in [1.54, 1.807) is 12.1 Å². The molecule has 0 bridgehead atoms. The third-order valence-corrected chi connectivity index (χ3v) is 5.55. The fraction of sp³-hybridized carbons (Fsp3) is 0.458. The van der Waals surface area contributed by atoms with Crippen molar-refractivity contribution >= 4 is 40.3 Å². The van der Waals surface area contributed by atoms with Gasteiger partial charge in [0, 0.05) is 30.9 Å². The van der Waals surface area contributed by atoms with E-state index in [-0.39, 0.29) is 36.3 Å². The van der Waals surface area contributed by atoms with Gasteiger partial charge in [0.2, 0.25) is 0 Å². The third kappa shape index (κ3) is 10.2. The first-order chi connectivity index (χ1) is 17.3. The second-order valence-corrected chi connectivity index (χ2v) is 8.30. The third-order valence-electron chi connectivity index (χ3n) is 5.24. The number of carbonyl (C=O) groups excluding carboxylic acids is 1. The first kappa shape index (κ1) is 29.1. The zero-order valence-electron chi connectivity index (χ0n) is 20.2. The van der Waals surface area contributed by atoms with Crippen LogP contribution in [0.15, 0.2) is 52.7 Å². The molecule has 0 saturated heterocycles. The molecule has 11 nitrogen and oxygen atoms in total. The van der Waals surface area contributed by atoms with Crippen LogP contribution in [0.3, 0.4) is 0 Å². The second kappa shape index (κ2) is 15.8. The van der Waals surface area contributed by atoms with Gasteiger partial charge in [0.25, 0.3) is 5.69 Å². The van der Waals surface area contributed by atoms with Crippen molar-refractivity contribution in [3.63, 3.8) is 0 Å². The van der Waals surface area contributed by atoms with Gasteiger partial charge in [0.15, 0.2) is 0 Å². The maximum absolute atomic E-state index is 11.9. The van der Waals surface area contributed by atoms with Gasteiger partial charge in [-0.2, -0.15) is 5.11 Å². The quantitative estimate of drug-likeness (QED) is 0.0980. The van der Waals surface area contributed by atoms with Crippen LogP contribution in [0.5, 0.6) is 0 Å². The van der Waals surface area contributed by atoms with Crippen LogP contribution < -0.4 is 10.2 Å². The lowest BCUT2D eigenvalue weighted by Crippen LogP contribution is -2.28. The summed E-state index contributed by atoms with van der Waals surface area (Å²) < 4.78 is 5.32. The van der Waals surface area contributed by atoms with E-state index in [4.69, 9.17) is 21.4 Å². The number of aliphatic hydroxyl groups is 2. The topological polar surface area (TPSA) is 150 Å². The number of likely N-dealkylation sites (N-methyl/N-ethyl adjacent to an activating group) is 1. The number of ether oxygens (including phenoxy) is 1. The number of anilines is 1. The molecule has 0 amide bonds. The summed E-state index contributed by atoms with van der Waals surface area (Å²) in [6, 6.07) is 11.3. The fourth-order valence-electron chi connectivity index (χ4n) is 3.21. The second-order valence-electron chi connectivity index (χ2n) is 7.89. The average Bonchev–Trinajstić information content (AvgIpc) is 2.88. The first-order valence-corrected chi connectivity index (χ1v) is 12.1. The van der Waals surface area contributed by atoms with E-state index in [2.05, 4.69) is 20.4 Å². The summed E-state index contributed by atoms with van der Waals surface area (Å²) in [5, 5.41) is 40.3. The van der Waals surface area contributed by atoms with Crippen molar-refractivity contribution in [2.24, 2.45) is 10.2 Å². The maximum Gasteiger partial charge on any atom is 0.307 e. The van der Waals surface area contributed by atoms with E-state index in [0.29, 0.717) is 43.9 Å². The number of halogens is 1. The SMILES string of the molecule is CCN(CCOC(=O)CCNCCCC(O)CO)c1ccc(N=Nc2ccc([N+](=O)[O-])cc2Cl)cc1. The van der Waals surface area contributed by atoms with Gasteiger partial charge in [-0.05, 0) is 56.6 Å². The van der Waals surface area contributed by atoms with Crippen LogP contribution in [0.25, 0.3) is 0 Å². The predicted octanol–water partition coefficient (Wildman–Crippen LogP) is 4.15. The molecular weight excluding hydrogens is 490 g/mol. The summed E-state index contributed by atoms with van der Waals surface area (Å²) in [7, 11) is 0. The van der Waals surface area contributed by atoms with E-state index in [1.807, 2.05) is 19.1 Å². The lowest BCUT2D eigenvalue weighted by Gasteiger charge is -2.23. The van der Waals surface area contributed by atoms with Gasteiger partial charge >= 0.3 is 5.97 Å². The highest BCUT2D eigenvalue weighted by Gasteiger charge is 2.10. The van der Waals surface area contributed by atoms with Crippen molar-refractivity contribution in [2.75, 3.05) is 44.3 Å². The summed E-state index contributed by atoms with van der Waals surface area (Å²) in [6.45, 7) is 4.43. The Morgan fingerprint density at radius 2 is 1.97 bits per heavy atom. The Bertz CT molecular complexity index is 1000. The minimum Gasteiger partial charge on any atom is -0.464 e. The number of rotatable bonds is 16. The highest BCUT2D eigenvalue weighted by atomic mass is 35.5. The molecule has 0 saturated carbocycles. The molecule has 0 aliphatic rings. The van der Waals surface area contributed by atoms with Crippen molar-refractivity contribution in [3.05, 3.63) is 57.6 Å². The van der Waals surface area contributed by atoms with Gasteiger partial charge in [-0.1, -0.05) is 11.6 Å². The highest BCUT2D eigenvalue weighted by molar-refractivity contribution is 6.33. The Morgan fingerprint density at radius 3 is 2.61 bits per heavy atom. The molecule has 0 heterocycles. The largest absolute Gasteiger partial charge is 0.464 e. The van der Waals surface area contributed by atoms with Gasteiger partial charge in [0.1, 0.15) is 12.3 Å². The van der Waals surface area contributed by atoms with Gasteiger partial charge in [0.05, 0.1) is 41.3 Å². The number of esters is 1. The van der Waals surface area contributed by atoms with Gasteiger partial charge < -0.3 is 25.2 Å². The Kier molecular flexibility index (Phi) is 12.8. The van der Waals surface area contributed by atoms with Crippen molar-refractivity contribution in [2.45, 2.75) is 32.3 Å². The number of hydrogen-bond donors (Lipinski definition) is 3. The minimum atomic E-state index is -0.694. The summed E-state index contributed by atoms with van der Waals surface area (Å²) >= 11 is 6.04. The van der Waals surface area contributed by atoms with Crippen molar-refractivity contribution < 1.29 is 24.7 Å². The molecule has 1 atom stereocenters. The van der Waals surface area contributed by atoms with Crippen LogP contribution in [-0.4, -0.2) is 66.6 Å². The molecule has 2 aromatic rings. The molecule has 196 valence electrons. The molecule has 0 spiro atoms. The van der Waals surface area contributed by atoms with Crippen LogP contribution in [0, 0.1) is 10.1 Å². The number of azo groups is 1. The molecule has 0 aliphatic heterocycles. The molecule has 36 heavy (non-hydrogen) atoms. The molecular formula is C24H32ClN5O6. The Balaban J connectivity index is 1.75. The number of carbonyl (C=O) groups is 1. The Labute approximate surface area is 214 Å². The number of hydrogen-bond acceptors (Lipinski definition) is 10. The van der Waals surface area contributed by atoms with E-state index in [0.717, 1.165) is 12.2 Å². The zero-order valence-corrected chi connectivity index (χ0v) is 20.9. The predicted molar refractivity (Wildman–Crippen MR) is 137 cm³/mol. The Hall–Kier alpha value is -3.12. The van der Waals surface area contributed by atoms with E-state index in [9.17, 15) is 20.0 Å².